The molecule has 8 nitrogen and oxygen atoms in total. The van der Waals surface area contributed by atoms with Gasteiger partial charge < -0.3 is 24.1 Å². The van der Waals surface area contributed by atoms with Crippen LogP contribution in [0, 0.1) is 6.92 Å². The summed E-state index contributed by atoms with van der Waals surface area (Å²) >= 11 is 0. The van der Waals surface area contributed by atoms with E-state index in [0.717, 1.165) is 5.56 Å². The van der Waals surface area contributed by atoms with Crippen LogP contribution in [-0.4, -0.2) is 36.8 Å². The second kappa shape index (κ2) is 9.54. The molecule has 1 N–H and O–H groups in total. The van der Waals surface area contributed by atoms with Crippen LogP contribution < -0.4 is 23.8 Å². The summed E-state index contributed by atoms with van der Waals surface area (Å²) in [7, 11) is 1.48. The predicted octanol–water partition coefficient (Wildman–Crippen LogP) is 5.15. The van der Waals surface area contributed by atoms with Gasteiger partial charge in [-0.3, -0.25) is 14.5 Å². The molecule has 2 aliphatic rings. The lowest BCUT2D eigenvalue weighted by Crippen LogP contribution is -2.29. The van der Waals surface area contributed by atoms with Gasteiger partial charge in [-0.2, -0.15) is 0 Å². The van der Waals surface area contributed by atoms with Gasteiger partial charge in [0, 0.05) is 11.8 Å². The molecular weight excluding hydrogens is 474 g/mol. The summed E-state index contributed by atoms with van der Waals surface area (Å²) in [5.74, 6) is 0.187. The van der Waals surface area contributed by atoms with E-state index in [0.29, 0.717) is 39.8 Å². The minimum Gasteiger partial charge on any atom is -0.507 e. The molecule has 190 valence electrons. The van der Waals surface area contributed by atoms with Crippen molar-refractivity contribution < 1.29 is 33.6 Å². The molecule has 37 heavy (non-hydrogen) atoms. The van der Waals surface area contributed by atoms with E-state index >= 15 is 0 Å². The van der Waals surface area contributed by atoms with E-state index in [-0.39, 0.29) is 24.2 Å². The molecular formula is C29H27NO7. The Bertz CT molecular complexity index is 1410. The maximum atomic E-state index is 13.5. The van der Waals surface area contributed by atoms with Crippen molar-refractivity contribution in [1.29, 1.82) is 0 Å². The molecule has 5 rings (SSSR count). The number of hydrogen-bond donors (Lipinski definition) is 1. The van der Waals surface area contributed by atoms with Crippen LogP contribution in [0.1, 0.15) is 36.6 Å². The molecule has 1 saturated heterocycles. The van der Waals surface area contributed by atoms with Crippen molar-refractivity contribution in [2.45, 2.75) is 32.9 Å². The Kier molecular flexibility index (Phi) is 6.25. The quantitative estimate of drug-likeness (QED) is 0.284. The molecule has 0 aliphatic carbocycles. The van der Waals surface area contributed by atoms with Crippen molar-refractivity contribution in [3.05, 3.63) is 82.9 Å². The van der Waals surface area contributed by atoms with E-state index in [1.165, 1.54) is 12.0 Å². The lowest BCUT2D eigenvalue weighted by molar-refractivity contribution is -0.132. The maximum Gasteiger partial charge on any atom is 0.300 e. The number of anilines is 1. The zero-order valence-corrected chi connectivity index (χ0v) is 21.0. The van der Waals surface area contributed by atoms with Crippen LogP contribution in [0.3, 0.4) is 0 Å². The van der Waals surface area contributed by atoms with E-state index in [9.17, 15) is 14.7 Å². The molecule has 3 aromatic rings. The van der Waals surface area contributed by atoms with Gasteiger partial charge in [0.1, 0.15) is 17.3 Å². The number of carbonyl (C=O) groups excluding carboxylic acids is 2. The second-order valence-corrected chi connectivity index (χ2v) is 9.15. The third-order valence-corrected chi connectivity index (χ3v) is 6.26. The largest absolute Gasteiger partial charge is 0.507 e. The average Bonchev–Trinajstić information content (AvgIpc) is 3.45. The number of ether oxygens (including phenoxy) is 4. The average molecular weight is 502 g/mol. The van der Waals surface area contributed by atoms with E-state index in [1.54, 1.807) is 54.6 Å². The van der Waals surface area contributed by atoms with Crippen molar-refractivity contribution in [3.8, 4) is 23.0 Å². The minimum atomic E-state index is -0.904. The first-order valence-electron chi connectivity index (χ1n) is 11.9. The summed E-state index contributed by atoms with van der Waals surface area (Å²) in [4.78, 5) is 28.3. The first kappa shape index (κ1) is 24.2. The van der Waals surface area contributed by atoms with Crippen LogP contribution >= 0.6 is 0 Å². The molecule has 1 atom stereocenters. The number of carbonyl (C=O) groups is 2. The van der Waals surface area contributed by atoms with Crippen LogP contribution in [0.15, 0.2) is 66.2 Å². The summed E-state index contributed by atoms with van der Waals surface area (Å²) in [6, 6.07) is 16.5. The van der Waals surface area contributed by atoms with Crippen molar-refractivity contribution in [3.63, 3.8) is 0 Å². The summed E-state index contributed by atoms with van der Waals surface area (Å²) in [5.41, 5.74) is 2.22. The highest BCUT2D eigenvalue weighted by Crippen LogP contribution is 2.45. The van der Waals surface area contributed by atoms with Gasteiger partial charge in [0.2, 0.25) is 6.79 Å². The highest BCUT2D eigenvalue weighted by molar-refractivity contribution is 6.51. The van der Waals surface area contributed by atoms with Gasteiger partial charge in [-0.15, -0.1) is 0 Å². The highest BCUT2D eigenvalue weighted by atomic mass is 16.7. The number of fused-ring (bicyclic) bond motifs is 1. The molecule has 3 aromatic carbocycles. The Hall–Kier alpha value is -4.46. The van der Waals surface area contributed by atoms with Crippen molar-refractivity contribution in [2.75, 3.05) is 18.8 Å². The van der Waals surface area contributed by atoms with Crippen molar-refractivity contribution in [1.82, 2.24) is 0 Å². The number of ketones is 1. The molecule has 8 heteroatoms. The van der Waals surface area contributed by atoms with Gasteiger partial charge >= 0.3 is 0 Å². The molecule has 0 radical (unpaired) electrons. The van der Waals surface area contributed by atoms with Gasteiger partial charge in [-0.25, -0.2) is 0 Å². The van der Waals surface area contributed by atoms with E-state index in [4.69, 9.17) is 18.9 Å². The molecule has 1 unspecified atom stereocenters. The van der Waals surface area contributed by atoms with Gasteiger partial charge in [-0.05, 0) is 62.7 Å². The first-order valence-corrected chi connectivity index (χ1v) is 11.9. The third-order valence-electron chi connectivity index (χ3n) is 6.26. The Morgan fingerprint density at radius 1 is 1.00 bits per heavy atom. The number of nitrogens with zero attached hydrogens (tertiary/aromatic N) is 1. The smallest absolute Gasteiger partial charge is 0.300 e. The highest BCUT2D eigenvalue weighted by Gasteiger charge is 2.47. The van der Waals surface area contributed by atoms with Crippen LogP contribution in [0.4, 0.5) is 5.69 Å². The Labute approximate surface area is 214 Å². The number of hydrogen-bond acceptors (Lipinski definition) is 7. The van der Waals surface area contributed by atoms with Crippen LogP contribution in [0.2, 0.25) is 0 Å². The van der Waals surface area contributed by atoms with E-state index < -0.39 is 17.7 Å². The Balaban J connectivity index is 1.70. The molecule has 0 aromatic heterocycles. The van der Waals surface area contributed by atoms with E-state index in [1.807, 2.05) is 26.8 Å². The second-order valence-electron chi connectivity index (χ2n) is 9.15. The lowest BCUT2D eigenvalue weighted by atomic mass is 9.94. The molecule has 1 fully saturated rings. The fourth-order valence-electron chi connectivity index (χ4n) is 4.60. The number of amides is 1. The van der Waals surface area contributed by atoms with Crippen molar-refractivity contribution in [2.24, 2.45) is 0 Å². The maximum absolute atomic E-state index is 13.5. The van der Waals surface area contributed by atoms with Gasteiger partial charge in [0.25, 0.3) is 11.7 Å². The minimum absolute atomic E-state index is 0.0149. The number of benzene rings is 3. The Morgan fingerprint density at radius 2 is 1.73 bits per heavy atom. The fraction of sp³-hybridized carbons (Fsp3) is 0.241. The number of methoxy groups -OCH3 is 1. The number of aliphatic hydroxyl groups excluding tert-OH is 1. The van der Waals surface area contributed by atoms with Gasteiger partial charge in [0.15, 0.2) is 11.5 Å². The zero-order chi connectivity index (χ0) is 26.3. The molecule has 2 heterocycles. The SMILES string of the molecule is COc1ccc(C)cc1/C(O)=C1\C(=O)C(=O)N(c2ccc3c(c2)OCO3)C1c1ccc(OC(C)C)cc1. The molecule has 1 amide bonds. The fourth-order valence-corrected chi connectivity index (χ4v) is 4.60. The topological polar surface area (TPSA) is 94.5 Å². The molecule has 0 spiro atoms. The van der Waals surface area contributed by atoms with Gasteiger partial charge in [0.05, 0.1) is 30.4 Å². The van der Waals surface area contributed by atoms with Crippen LogP contribution in [0.5, 0.6) is 23.0 Å². The number of aliphatic hydroxyl groups is 1. The predicted molar refractivity (Wildman–Crippen MR) is 137 cm³/mol. The van der Waals surface area contributed by atoms with Crippen LogP contribution in [0.25, 0.3) is 5.76 Å². The number of Topliss-reactive ketones (excluding diaryl/α,β-unsaturated/α-hetero) is 1. The third kappa shape index (κ3) is 4.35. The standard InChI is InChI=1S/C29H27NO7/c1-16(2)37-20-9-6-18(7-10-20)26-25(27(31)21-13-17(3)5-11-22(21)34-4)28(32)29(33)30(26)19-8-12-23-24(14-19)36-15-35-23/h5-14,16,26,31H,15H2,1-4H3/b27-25+. The van der Waals surface area contributed by atoms with E-state index in [2.05, 4.69) is 0 Å². The normalized spacial score (nSPS) is 18.0. The van der Waals surface area contributed by atoms with Crippen LogP contribution in [-0.2, 0) is 9.59 Å². The van der Waals surface area contributed by atoms with Gasteiger partial charge in [-0.1, -0.05) is 23.8 Å². The molecule has 2 aliphatic heterocycles. The number of rotatable bonds is 6. The zero-order valence-electron chi connectivity index (χ0n) is 21.0. The molecule has 0 bridgehead atoms. The molecule has 0 saturated carbocycles. The first-order chi connectivity index (χ1) is 17.8. The summed E-state index contributed by atoms with van der Waals surface area (Å²) in [5, 5.41) is 11.5. The van der Waals surface area contributed by atoms with Crippen molar-refractivity contribution >= 4 is 23.1 Å². The Morgan fingerprint density at radius 3 is 2.43 bits per heavy atom. The summed E-state index contributed by atoms with van der Waals surface area (Å²) < 4.78 is 22.1. The summed E-state index contributed by atoms with van der Waals surface area (Å²) in [6.45, 7) is 5.80. The number of aryl methyl sites for hydroxylation is 1. The monoisotopic (exact) mass is 501 g/mol. The summed E-state index contributed by atoms with van der Waals surface area (Å²) in [6.07, 6.45) is -0.0149. The lowest BCUT2D eigenvalue weighted by Gasteiger charge is -2.26.